The molecule has 1 atom stereocenters. The van der Waals surface area contributed by atoms with Crippen molar-refractivity contribution in [3.8, 4) is 12.0 Å². The van der Waals surface area contributed by atoms with Gasteiger partial charge in [0.2, 0.25) is 11.9 Å². The second-order valence-electron chi connectivity index (χ2n) is 4.42. The number of nitriles is 1. The fraction of sp³-hybridized carbons (Fsp3) is 0.417. The normalized spacial score (nSPS) is 11.7. The maximum atomic E-state index is 8.96. The lowest BCUT2D eigenvalue weighted by Crippen LogP contribution is -2.30. The van der Waals surface area contributed by atoms with Crippen molar-refractivity contribution >= 4 is 11.9 Å². The summed E-state index contributed by atoms with van der Waals surface area (Å²) in [5, 5.41) is 13.0. The van der Waals surface area contributed by atoms with E-state index in [2.05, 4.69) is 31.5 Å². The van der Waals surface area contributed by atoms with E-state index in [1.165, 1.54) is 4.68 Å². The minimum atomic E-state index is -0.135. The number of nitrogens with two attached hydrogens (primary N) is 1. The van der Waals surface area contributed by atoms with E-state index in [1.807, 2.05) is 18.7 Å². The second-order valence-corrected chi connectivity index (χ2v) is 4.42. The van der Waals surface area contributed by atoms with Crippen molar-refractivity contribution in [3.05, 3.63) is 18.5 Å². The summed E-state index contributed by atoms with van der Waals surface area (Å²) in [4.78, 5) is 14.7. The van der Waals surface area contributed by atoms with Crippen LogP contribution in [0.5, 0.6) is 0 Å². The zero-order valence-corrected chi connectivity index (χ0v) is 11.9. The molecule has 2 aromatic heterocycles. The van der Waals surface area contributed by atoms with Crippen LogP contribution in [0.1, 0.15) is 13.8 Å². The third kappa shape index (κ3) is 3.43. The molecule has 3 N–H and O–H groups in total. The van der Waals surface area contributed by atoms with Crippen LogP contribution in [-0.4, -0.2) is 37.8 Å². The molecule has 9 heteroatoms. The molecule has 0 saturated carbocycles. The van der Waals surface area contributed by atoms with Crippen molar-refractivity contribution in [1.82, 2.24) is 24.7 Å². The van der Waals surface area contributed by atoms with Gasteiger partial charge < -0.3 is 4.90 Å². The number of rotatable bonds is 6. The SMILES string of the molecule is CCN(CC(C)C#N)c1nc(NN)nc(-n2cccn2)n1. The van der Waals surface area contributed by atoms with Crippen LogP contribution in [0.25, 0.3) is 5.95 Å². The Morgan fingerprint density at radius 1 is 1.48 bits per heavy atom. The molecule has 0 aliphatic carbocycles. The Morgan fingerprint density at radius 2 is 2.29 bits per heavy atom. The van der Waals surface area contributed by atoms with E-state index in [0.717, 1.165) is 0 Å². The lowest BCUT2D eigenvalue weighted by Gasteiger charge is -2.22. The number of hydrogen-bond acceptors (Lipinski definition) is 8. The first-order chi connectivity index (χ1) is 10.2. The molecule has 0 aliphatic heterocycles. The molecule has 1 unspecified atom stereocenters. The summed E-state index contributed by atoms with van der Waals surface area (Å²) < 4.78 is 1.52. The Hall–Kier alpha value is -2.73. The highest BCUT2D eigenvalue weighted by Gasteiger charge is 2.15. The maximum Gasteiger partial charge on any atom is 0.257 e. The molecule has 0 fully saturated rings. The van der Waals surface area contributed by atoms with Crippen molar-refractivity contribution in [3.63, 3.8) is 0 Å². The van der Waals surface area contributed by atoms with Gasteiger partial charge in [-0.05, 0) is 19.9 Å². The second kappa shape index (κ2) is 6.62. The monoisotopic (exact) mass is 287 g/mol. The van der Waals surface area contributed by atoms with Crippen molar-refractivity contribution in [1.29, 1.82) is 5.26 Å². The number of nitrogen functional groups attached to an aromatic ring is 1. The van der Waals surface area contributed by atoms with Gasteiger partial charge in [0, 0.05) is 25.5 Å². The quantitative estimate of drug-likeness (QED) is 0.575. The van der Waals surface area contributed by atoms with Crippen molar-refractivity contribution < 1.29 is 0 Å². The molecule has 110 valence electrons. The number of hydrogen-bond donors (Lipinski definition) is 2. The molecule has 0 spiro atoms. The molecule has 0 saturated heterocycles. The number of nitrogens with one attached hydrogen (secondary N) is 1. The largest absolute Gasteiger partial charge is 0.340 e. The minimum absolute atomic E-state index is 0.135. The summed E-state index contributed by atoms with van der Waals surface area (Å²) in [5.41, 5.74) is 2.42. The molecule has 0 bridgehead atoms. The zero-order chi connectivity index (χ0) is 15.2. The van der Waals surface area contributed by atoms with Crippen molar-refractivity contribution in [2.75, 3.05) is 23.4 Å². The third-order valence-corrected chi connectivity index (χ3v) is 2.83. The van der Waals surface area contributed by atoms with Crippen LogP contribution in [0, 0.1) is 17.2 Å². The van der Waals surface area contributed by atoms with Gasteiger partial charge in [-0.3, -0.25) is 5.43 Å². The van der Waals surface area contributed by atoms with E-state index in [4.69, 9.17) is 11.1 Å². The van der Waals surface area contributed by atoms with Gasteiger partial charge in [-0.15, -0.1) is 0 Å². The molecule has 2 rings (SSSR count). The average molecular weight is 287 g/mol. The molecule has 0 radical (unpaired) electrons. The molecule has 0 aliphatic rings. The Kier molecular flexibility index (Phi) is 4.63. The lowest BCUT2D eigenvalue weighted by atomic mass is 10.2. The Bertz CT molecular complexity index is 616. The number of nitrogens with zero attached hydrogens (tertiary/aromatic N) is 7. The summed E-state index contributed by atoms with van der Waals surface area (Å²) in [5.74, 6) is 6.33. The molecular weight excluding hydrogens is 270 g/mol. The van der Waals surface area contributed by atoms with Crippen LogP contribution in [0.15, 0.2) is 18.5 Å². The van der Waals surface area contributed by atoms with E-state index in [-0.39, 0.29) is 11.9 Å². The highest BCUT2D eigenvalue weighted by molar-refractivity contribution is 5.39. The fourth-order valence-electron chi connectivity index (χ4n) is 1.77. The Balaban J connectivity index is 2.38. The predicted molar refractivity (Wildman–Crippen MR) is 77.4 cm³/mol. The van der Waals surface area contributed by atoms with Gasteiger partial charge in [-0.1, -0.05) is 0 Å². The number of anilines is 2. The topological polar surface area (TPSA) is 122 Å². The van der Waals surface area contributed by atoms with Gasteiger partial charge in [0.15, 0.2) is 0 Å². The van der Waals surface area contributed by atoms with Crippen molar-refractivity contribution in [2.24, 2.45) is 11.8 Å². The minimum Gasteiger partial charge on any atom is -0.340 e. The highest BCUT2D eigenvalue weighted by atomic mass is 15.4. The Labute approximate surface area is 122 Å². The summed E-state index contributed by atoms with van der Waals surface area (Å²) in [6, 6.07) is 3.97. The van der Waals surface area contributed by atoms with Gasteiger partial charge in [0.05, 0.1) is 12.0 Å². The highest BCUT2D eigenvalue weighted by Crippen LogP contribution is 2.14. The van der Waals surface area contributed by atoms with Crippen LogP contribution in [-0.2, 0) is 0 Å². The first-order valence-electron chi connectivity index (χ1n) is 6.55. The van der Waals surface area contributed by atoms with Crippen LogP contribution in [0.2, 0.25) is 0 Å². The first-order valence-corrected chi connectivity index (χ1v) is 6.55. The van der Waals surface area contributed by atoms with Gasteiger partial charge in [-0.25, -0.2) is 10.5 Å². The smallest absolute Gasteiger partial charge is 0.257 e. The molecule has 2 heterocycles. The lowest BCUT2D eigenvalue weighted by molar-refractivity contribution is 0.664. The van der Waals surface area contributed by atoms with Gasteiger partial charge in [0.1, 0.15) is 0 Å². The average Bonchev–Trinajstić information content (AvgIpc) is 3.06. The molecular formula is C12H17N9. The summed E-state index contributed by atoms with van der Waals surface area (Å²) in [6.07, 6.45) is 3.36. The van der Waals surface area contributed by atoms with Crippen LogP contribution < -0.4 is 16.2 Å². The summed E-state index contributed by atoms with van der Waals surface area (Å²) >= 11 is 0. The molecule has 21 heavy (non-hydrogen) atoms. The standard InChI is InChI=1S/C12H17N9/c1-3-20(8-9(2)7-13)11-16-10(19-14)17-12(18-11)21-6-4-5-15-21/h4-6,9H,3,8,14H2,1-2H3,(H,16,17,18,19). The Morgan fingerprint density at radius 3 is 2.86 bits per heavy atom. The van der Waals surface area contributed by atoms with Gasteiger partial charge >= 0.3 is 0 Å². The number of hydrazine groups is 1. The molecule has 0 amide bonds. The van der Waals surface area contributed by atoms with Crippen LogP contribution in [0.3, 0.4) is 0 Å². The predicted octanol–water partition coefficient (Wildman–Crippen LogP) is 0.329. The zero-order valence-electron chi connectivity index (χ0n) is 11.9. The van der Waals surface area contributed by atoms with Crippen LogP contribution >= 0.6 is 0 Å². The van der Waals surface area contributed by atoms with E-state index in [0.29, 0.717) is 25.0 Å². The van der Waals surface area contributed by atoms with E-state index < -0.39 is 0 Å². The van der Waals surface area contributed by atoms with Crippen LogP contribution in [0.4, 0.5) is 11.9 Å². The molecule has 2 aromatic rings. The van der Waals surface area contributed by atoms with E-state index in [1.54, 1.807) is 18.5 Å². The molecule has 9 nitrogen and oxygen atoms in total. The first kappa shape index (κ1) is 14.7. The summed E-state index contributed by atoms with van der Waals surface area (Å²) in [7, 11) is 0. The van der Waals surface area contributed by atoms with E-state index in [9.17, 15) is 0 Å². The number of aromatic nitrogens is 5. The molecule has 0 aromatic carbocycles. The maximum absolute atomic E-state index is 8.96. The third-order valence-electron chi connectivity index (χ3n) is 2.83. The van der Waals surface area contributed by atoms with Gasteiger partial charge in [-0.2, -0.15) is 25.3 Å². The van der Waals surface area contributed by atoms with Gasteiger partial charge in [0.25, 0.3) is 5.95 Å². The van der Waals surface area contributed by atoms with Crippen molar-refractivity contribution in [2.45, 2.75) is 13.8 Å². The summed E-state index contributed by atoms with van der Waals surface area (Å²) in [6.45, 7) is 5.01. The fourth-order valence-corrected chi connectivity index (χ4v) is 1.77. The van der Waals surface area contributed by atoms with E-state index >= 15 is 0 Å².